The van der Waals surface area contributed by atoms with Gasteiger partial charge in [-0.1, -0.05) is 66.9 Å². The second-order valence-electron chi connectivity index (χ2n) is 10.2. The molecule has 1 fully saturated rings. The van der Waals surface area contributed by atoms with E-state index in [4.69, 9.17) is 14.5 Å². The largest absolute Gasteiger partial charge is 0.489 e. The van der Waals surface area contributed by atoms with Gasteiger partial charge in [-0.2, -0.15) is 0 Å². The number of rotatable bonds is 9. The summed E-state index contributed by atoms with van der Waals surface area (Å²) in [6.45, 7) is 9.50. The molecule has 0 radical (unpaired) electrons. The van der Waals surface area contributed by atoms with Crippen molar-refractivity contribution in [1.82, 2.24) is 14.7 Å². The summed E-state index contributed by atoms with van der Waals surface area (Å²) in [5.74, 6) is 0.154. The third kappa shape index (κ3) is 6.44. The molecule has 5 rings (SSSR count). The molecule has 0 saturated carbocycles. The average molecular weight is 587 g/mol. The second-order valence-corrected chi connectivity index (χ2v) is 11.0. The van der Waals surface area contributed by atoms with Crippen molar-refractivity contribution in [2.24, 2.45) is 4.99 Å². The lowest BCUT2D eigenvalue weighted by atomic mass is 9.93. The van der Waals surface area contributed by atoms with Crippen LogP contribution in [0.1, 0.15) is 37.4 Å². The highest BCUT2D eigenvalue weighted by atomic mass is 32.2. The first kappa shape index (κ1) is 29.2. The van der Waals surface area contributed by atoms with E-state index in [2.05, 4.69) is 6.58 Å². The van der Waals surface area contributed by atoms with E-state index in [0.29, 0.717) is 55.0 Å². The van der Waals surface area contributed by atoms with Gasteiger partial charge in [-0.15, -0.1) is 0 Å². The van der Waals surface area contributed by atoms with E-state index in [-0.39, 0.29) is 24.8 Å². The maximum absolute atomic E-state index is 13.4. The molecule has 0 aromatic heterocycles. The molecule has 0 N–H and O–H groups in total. The minimum absolute atomic E-state index is 0.0158. The van der Waals surface area contributed by atoms with Crippen LogP contribution in [0.25, 0.3) is 0 Å². The van der Waals surface area contributed by atoms with Gasteiger partial charge in [0.2, 0.25) is 11.8 Å². The zero-order chi connectivity index (χ0) is 29.6. The topological polar surface area (TPSA) is 91.8 Å². The Morgan fingerprint density at radius 3 is 2.50 bits per heavy atom. The molecule has 2 aromatic carbocycles. The number of aliphatic imine (C=N–C) groups is 1. The van der Waals surface area contributed by atoms with Gasteiger partial charge in [0.25, 0.3) is 0 Å². The highest BCUT2D eigenvalue weighted by Crippen LogP contribution is 2.45. The molecule has 0 aliphatic carbocycles. The van der Waals surface area contributed by atoms with Crippen LogP contribution >= 0.6 is 11.8 Å². The summed E-state index contributed by atoms with van der Waals surface area (Å²) in [4.78, 5) is 48.8. The van der Waals surface area contributed by atoms with E-state index in [1.807, 2.05) is 64.9 Å². The van der Waals surface area contributed by atoms with E-state index < -0.39 is 12.0 Å². The van der Waals surface area contributed by atoms with Crippen LogP contribution in [0.4, 0.5) is 0 Å². The summed E-state index contributed by atoms with van der Waals surface area (Å²) in [5, 5.41) is 2.62. The number of carbonyl (C=O) groups excluding carboxylic acids is 3. The summed E-state index contributed by atoms with van der Waals surface area (Å²) in [6, 6.07) is 17.0. The molecule has 0 spiro atoms. The number of piperazine rings is 1. The highest BCUT2D eigenvalue weighted by Gasteiger charge is 2.41. The molecule has 2 aromatic rings. The fourth-order valence-corrected chi connectivity index (χ4v) is 6.18. The predicted molar refractivity (Wildman–Crippen MR) is 162 cm³/mol. The van der Waals surface area contributed by atoms with E-state index in [1.165, 1.54) is 17.8 Å². The van der Waals surface area contributed by atoms with Crippen molar-refractivity contribution in [2.45, 2.75) is 32.9 Å². The SMILES string of the molecule is C=CCOC(=O)C1=C(C)N=C2SC=C(CC(=O)N3CCN(C(C)=O)CC3)N2C1c1cccc(OCc2ccccc2)c1. The molecule has 1 unspecified atom stereocenters. The molecule has 9 nitrogen and oxygen atoms in total. The Morgan fingerprint density at radius 1 is 1.05 bits per heavy atom. The summed E-state index contributed by atoms with van der Waals surface area (Å²) in [5.41, 5.74) is 3.57. The number of amidine groups is 1. The Morgan fingerprint density at radius 2 is 1.79 bits per heavy atom. The number of amides is 2. The van der Waals surface area contributed by atoms with Crippen molar-refractivity contribution < 1.29 is 23.9 Å². The van der Waals surface area contributed by atoms with E-state index in [0.717, 1.165) is 16.8 Å². The number of hydrogen-bond donors (Lipinski definition) is 0. The number of benzene rings is 2. The standard InChI is InChI=1S/C32H34N4O5S/c1-4-17-40-31(39)29-22(2)33-32-36(26(21-42-32)19-28(38)35-15-13-34(14-16-35)23(3)37)30(29)25-11-8-12-27(18-25)41-20-24-9-6-5-7-10-24/h4-12,18,21,30H,1,13-17,19-20H2,2-3H3. The smallest absolute Gasteiger partial charge is 0.338 e. The number of carbonyl (C=O) groups is 3. The second kappa shape index (κ2) is 13.1. The first-order chi connectivity index (χ1) is 20.4. The fourth-order valence-electron chi connectivity index (χ4n) is 5.21. The Balaban J connectivity index is 1.42. The van der Waals surface area contributed by atoms with E-state index in [9.17, 15) is 14.4 Å². The van der Waals surface area contributed by atoms with Gasteiger partial charge in [0.15, 0.2) is 5.17 Å². The Bertz CT molecular complexity index is 1460. The van der Waals surface area contributed by atoms with Gasteiger partial charge in [-0.3, -0.25) is 9.59 Å². The number of thioether (sulfide) groups is 1. The lowest BCUT2D eigenvalue weighted by Gasteiger charge is -2.38. The summed E-state index contributed by atoms with van der Waals surface area (Å²) in [7, 11) is 0. The van der Waals surface area contributed by atoms with Gasteiger partial charge in [0.05, 0.1) is 23.7 Å². The molecule has 3 aliphatic rings. The molecule has 10 heteroatoms. The lowest BCUT2D eigenvalue weighted by molar-refractivity contribution is -0.138. The van der Waals surface area contributed by atoms with Crippen LogP contribution in [0, 0.1) is 0 Å². The van der Waals surface area contributed by atoms with Crippen LogP contribution in [0.3, 0.4) is 0 Å². The first-order valence-corrected chi connectivity index (χ1v) is 14.8. The molecule has 0 bridgehead atoms. The van der Waals surface area contributed by atoms with Gasteiger partial charge < -0.3 is 24.2 Å². The Labute approximate surface area is 250 Å². The molecule has 1 saturated heterocycles. The molecule has 3 aliphatic heterocycles. The maximum Gasteiger partial charge on any atom is 0.338 e. The zero-order valence-electron chi connectivity index (χ0n) is 23.8. The van der Waals surface area contributed by atoms with Gasteiger partial charge in [0, 0.05) is 38.8 Å². The quantitative estimate of drug-likeness (QED) is 0.312. The van der Waals surface area contributed by atoms with Crippen LogP contribution in [0.5, 0.6) is 5.75 Å². The summed E-state index contributed by atoms with van der Waals surface area (Å²) < 4.78 is 11.6. The number of esters is 1. The Kier molecular flexibility index (Phi) is 9.12. The van der Waals surface area contributed by atoms with Crippen LogP contribution in [0.2, 0.25) is 0 Å². The van der Waals surface area contributed by atoms with Crippen molar-refractivity contribution in [3.8, 4) is 5.75 Å². The normalized spacial score (nSPS) is 18.2. The van der Waals surface area contributed by atoms with Crippen molar-refractivity contribution >= 4 is 34.7 Å². The third-order valence-corrected chi connectivity index (χ3v) is 8.27. The van der Waals surface area contributed by atoms with E-state index in [1.54, 1.807) is 23.6 Å². The third-order valence-electron chi connectivity index (χ3n) is 7.39. The minimum Gasteiger partial charge on any atom is -0.489 e. The predicted octanol–water partition coefficient (Wildman–Crippen LogP) is 4.65. The lowest BCUT2D eigenvalue weighted by Crippen LogP contribution is -2.50. The van der Waals surface area contributed by atoms with Crippen LogP contribution in [-0.2, 0) is 25.7 Å². The maximum atomic E-state index is 13.4. The molecule has 1 atom stereocenters. The van der Waals surface area contributed by atoms with Crippen molar-refractivity contribution in [2.75, 3.05) is 32.8 Å². The number of ether oxygens (including phenoxy) is 2. The Hall–Kier alpha value is -4.31. The molecular formula is C32H34N4O5S. The molecule has 2 amide bonds. The fraction of sp³-hybridized carbons (Fsp3) is 0.312. The van der Waals surface area contributed by atoms with Gasteiger partial charge in [-0.25, -0.2) is 9.79 Å². The first-order valence-electron chi connectivity index (χ1n) is 13.9. The number of fused-ring (bicyclic) bond motifs is 1. The molecule has 42 heavy (non-hydrogen) atoms. The van der Waals surface area contributed by atoms with Crippen LogP contribution in [-0.4, -0.2) is 70.4 Å². The minimum atomic E-state index is -0.571. The van der Waals surface area contributed by atoms with E-state index >= 15 is 0 Å². The molecule has 3 heterocycles. The highest BCUT2D eigenvalue weighted by molar-refractivity contribution is 8.16. The number of hydrogen-bond acceptors (Lipinski definition) is 8. The van der Waals surface area contributed by atoms with Gasteiger partial charge in [0.1, 0.15) is 19.0 Å². The number of nitrogens with zero attached hydrogens (tertiary/aromatic N) is 4. The monoisotopic (exact) mass is 586 g/mol. The molecule has 218 valence electrons. The summed E-state index contributed by atoms with van der Waals surface area (Å²) in [6.07, 6.45) is 1.67. The average Bonchev–Trinajstić information content (AvgIpc) is 3.40. The van der Waals surface area contributed by atoms with Gasteiger partial charge in [-0.05, 0) is 35.6 Å². The molecular weight excluding hydrogens is 552 g/mol. The van der Waals surface area contributed by atoms with Crippen molar-refractivity contribution in [3.05, 3.63) is 101 Å². The van der Waals surface area contributed by atoms with Gasteiger partial charge >= 0.3 is 5.97 Å². The van der Waals surface area contributed by atoms with Crippen molar-refractivity contribution in [3.63, 3.8) is 0 Å². The van der Waals surface area contributed by atoms with Crippen LogP contribution in [0.15, 0.2) is 94.6 Å². The number of allylic oxidation sites excluding steroid dienone is 1. The summed E-state index contributed by atoms with van der Waals surface area (Å²) >= 11 is 1.43. The van der Waals surface area contributed by atoms with Crippen molar-refractivity contribution in [1.29, 1.82) is 0 Å². The zero-order valence-corrected chi connectivity index (χ0v) is 24.6. The van der Waals surface area contributed by atoms with Crippen LogP contribution < -0.4 is 4.74 Å².